The molecule has 2 aromatic rings. The second kappa shape index (κ2) is 6.84. The van der Waals surface area contributed by atoms with Gasteiger partial charge < -0.3 is 14.9 Å². The highest BCUT2D eigenvalue weighted by molar-refractivity contribution is 5.80. The van der Waals surface area contributed by atoms with Crippen molar-refractivity contribution in [1.29, 1.82) is 0 Å². The fraction of sp³-hybridized carbons (Fsp3) is 0.400. The first-order valence-corrected chi connectivity index (χ1v) is 9.74. The number of aliphatic carboxylic acids is 1. The molecular formula is C25H28O4. The van der Waals surface area contributed by atoms with Crippen molar-refractivity contribution in [3.8, 4) is 23.3 Å². The molecule has 0 fully saturated rings. The van der Waals surface area contributed by atoms with Gasteiger partial charge in [-0.1, -0.05) is 37.8 Å². The standard InChI is InChI=1S/C25H28O4/c1-23(2)15-24(3,4)29-21-19(23)13-17(14-20(21)26)8-7-16-9-11-18(12-10-16)25(5,6)22(27)28/h9-14,26H,15H2,1-6H3,(H,27,28). The summed E-state index contributed by atoms with van der Waals surface area (Å²) >= 11 is 0. The molecule has 0 bridgehead atoms. The summed E-state index contributed by atoms with van der Waals surface area (Å²) in [5, 5.41) is 19.9. The predicted molar refractivity (Wildman–Crippen MR) is 114 cm³/mol. The van der Waals surface area contributed by atoms with E-state index in [1.807, 2.05) is 32.0 Å². The van der Waals surface area contributed by atoms with E-state index < -0.39 is 11.4 Å². The lowest BCUT2D eigenvalue weighted by molar-refractivity contribution is -0.142. The number of hydrogen-bond donors (Lipinski definition) is 2. The van der Waals surface area contributed by atoms with Crippen molar-refractivity contribution >= 4 is 5.97 Å². The topological polar surface area (TPSA) is 66.8 Å². The number of fused-ring (bicyclic) bond motifs is 1. The van der Waals surface area contributed by atoms with Crippen LogP contribution in [0.2, 0.25) is 0 Å². The van der Waals surface area contributed by atoms with E-state index in [2.05, 4.69) is 25.7 Å². The van der Waals surface area contributed by atoms with E-state index in [9.17, 15) is 15.0 Å². The third-order valence-corrected chi connectivity index (χ3v) is 5.54. The van der Waals surface area contributed by atoms with Crippen LogP contribution in [0.25, 0.3) is 0 Å². The lowest BCUT2D eigenvalue weighted by Crippen LogP contribution is -2.41. The average molecular weight is 392 g/mol. The van der Waals surface area contributed by atoms with E-state index in [0.29, 0.717) is 11.3 Å². The number of rotatable bonds is 2. The fourth-order valence-corrected chi connectivity index (χ4v) is 4.01. The molecule has 0 atom stereocenters. The van der Waals surface area contributed by atoms with Gasteiger partial charge in [0.05, 0.1) is 5.41 Å². The Balaban J connectivity index is 1.93. The van der Waals surface area contributed by atoms with Crippen LogP contribution in [0.4, 0.5) is 0 Å². The SMILES string of the molecule is CC1(C)CC(C)(C)c2cc(C#Cc3ccc(C(C)(C)C(=O)O)cc3)cc(O)c2O1. The Bertz CT molecular complexity index is 1020. The van der Waals surface area contributed by atoms with Gasteiger partial charge in [-0.25, -0.2) is 0 Å². The Morgan fingerprint density at radius 2 is 1.62 bits per heavy atom. The molecule has 4 nitrogen and oxygen atoms in total. The highest BCUT2D eigenvalue weighted by Gasteiger charge is 2.40. The van der Waals surface area contributed by atoms with Crippen LogP contribution in [0.5, 0.6) is 11.5 Å². The molecule has 2 N–H and O–H groups in total. The number of benzene rings is 2. The van der Waals surface area contributed by atoms with Crippen molar-refractivity contribution in [2.75, 3.05) is 0 Å². The van der Waals surface area contributed by atoms with Crippen LogP contribution in [0.15, 0.2) is 36.4 Å². The third-order valence-electron chi connectivity index (χ3n) is 5.54. The Labute approximate surface area is 172 Å². The van der Waals surface area contributed by atoms with E-state index in [1.165, 1.54) is 0 Å². The van der Waals surface area contributed by atoms with Crippen LogP contribution >= 0.6 is 0 Å². The third kappa shape index (κ3) is 4.10. The first kappa shape index (κ1) is 20.8. The first-order chi connectivity index (χ1) is 13.3. The number of hydrogen-bond acceptors (Lipinski definition) is 3. The second-order valence-electron chi connectivity index (χ2n) is 9.55. The maximum Gasteiger partial charge on any atom is 0.313 e. The normalized spacial score (nSPS) is 16.8. The van der Waals surface area contributed by atoms with Gasteiger partial charge in [-0.3, -0.25) is 4.79 Å². The summed E-state index contributed by atoms with van der Waals surface area (Å²) in [6.07, 6.45) is 0.837. The van der Waals surface area contributed by atoms with Crippen LogP contribution < -0.4 is 4.74 Å². The molecule has 1 aliphatic heterocycles. The summed E-state index contributed by atoms with van der Waals surface area (Å²) < 4.78 is 6.02. The zero-order chi connectivity index (χ0) is 21.6. The molecule has 29 heavy (non-hydrogen) atoms. The predicted octanol–water partition coefficient (Wildman–Crippen LogP) is 4.99. The molecular weight excluding hydrogens is 364 g/mol. The molecule has 0 aromatic heterocycles. The molecule has 0 saturated heterocycles. The Kier molecular flexibility index (Phi) is 4.91. The lowest BCUT2D eigenvalue weighted by Gasteiger charge is -2.42. The van der Waals surface area contributed by atoms with Crippen LogP contribution in [0, 0.1) is 11.8 Å². The van der Waals surface area contributed by atoms with E-state index >= 15 is 0 Å². The molecule has 4 heteroatoms. The summed E-state index contributed by atoms with van der Waals surface area (Å²) in [7, 11) is 0. The van der Waals surface area contributed by atoms with Gasteiger partial charge in [-0.05, 0) is 69.4 Å². The minimum Gasteiger partial charge on any atom is -0.504 e. The summed E-state index contributed by atoms with van der Waals surface area (Å²) in [4.78, 5) is 11.4. The van der Waals surface area contributed by atoms with Gasteiger partial charge in [0.2, 0.25) is 0 Å². The molecule has 1 heterocycles. The highest BCUT2D eigenvalue weighted by Crippen LogP contribution is 2.48. The van der Waals surface area contributed by atoms with Crippen molar-refractivity contribution < 1.29 is 19.7 Å². The van der Waals surface area contributed by atoms with Crippen molar-refractivity contribution in [2.45, 2.75) is 64.4 Å². The quantitative estimate of drug-likeness (QED) is 0.707. The molecule has 0 spiro atoms. The Morgan fingerprint density at radius 1 is 1.03 bits per heavy atom. The molecule has 0 saturated carbocycles. The summed E-state index contributed by atoms with van der Waals surface area (Å²) in [5.74, 6) is 5.98. The number of ether oxygens (including phenoxy) is 1. The van der Waals surface area contributed by atoms with Crippen molar-refractivity contribution in [3.63, 3.8) is 0 Å². The smallest absolute Gasteiger partial charge is 0.313 e. The number of carboxylic acid groups (broad SMARTS) is 1. The second-order valence-corrected chi connectivity index (χ2v) is 9.55. The van der Waals surface area contributed by atoms with Gasteiger partial charge in [0.15, 0.2) is 11.5 Å². The molecule has 152 valence electrons. The maximum atomic E-state index is 11.4. The van der Waals surface area contributed by atoms with Gasteiger partial charge >= 0.3 is 5.97 Å². The van der Waals surface area contributed by atoms with Crippen LogP contribution in [0.1, 0.15) is 70.2 Å². The average Bonchev–Trinajstić information content (AvgIpc) is 2.60. The van der Waals surface area contributed by atoms with E-state index in [1.54, 1.807) is 32.0 Å². The van der Waals surface area contributed by atoms with E-state index in [4.69, 9.17) is 4.74 Å². The minimum absolute atomic E-state index is 0.103. The monoisotopic (exact) mass is 392 g/mol. The fourth-order valence-electron chi connectivity index (χ4n) is 4.01. The van der Waals surface area contributed by atoms with Gasteiger partial charge in [0.1, 0.15) is 5.60 Å². The Hall–Kier alpha value is -2.93. The summed E-state index contributed by atoms with van der Waals surface area (Å²) in [6.45, 7) is 11.7. The molecule has 1 aliphatic rings. The number of aromatic hydroxyl groups is 1. The Morgan fingerprint density at radius 3 is 2.21 bits per heavy atom. The van der Waals surface area contributed by atoms with Crippen molar-refractivity contribution in [1.82, 2.24) is 0 Å². The van der Waals surface area contributed by atoms with Gasteiger partial charge in [0.25, 0.3) is 0 Å². The van der Waals surface area contributed by atoms with Crippen LogP contribution in [0.3, 0.4) is 0 Å². The van der Waals surface area contributed by atoms with Gasteiger partial charge in [0, 0.05) is 16.7 Å². The maximum absolute atomic E-state index is 11.4. The largest absolute Gasteiger partial charge is 0.504 e. The molecule has 0 aliphatic carbocycles. The first-order valence-electron chi connectivity index (χ1n) is 9.74. The summed E-state index contributed by atoms with van der Waals surface area (Å²) in [5.41, 5.74) is 1.75. The lowest BCUT2D eigenvalue weighted by atomic mass is 9.73. The van der Waals surface area contributed by atoms with Gasteiger partial charge in [-0.2, -0.15) is 0 Å². The molecule has 0 radical (unpaired) electrons. The number of phenols is 1. The van der Waals surface area contributed by atoms with Gasteiger partial charge in [-0.15, -0.1) is 0 Å². The molecule has 2 aromatic carbocycles. The van der Waals surface area contributed by atoms with Crippen molar-refractivity contribution in [2.24, 2.45) is 0 Å². The molecule has 0 amide bonds. The highest BCUT2D eigenvalue weighted by atomic mass is 16.5. The number of carbonyl (C=O) groups is 1. The zero-order valence-corrected chi connectivity index (χ0v) is 17.9. The summed E-state index contributed by atoms with van der Waals surface area (Å²) in [6, 6.07) is 10.8. The zero-order valence-electron chi connectivity index (χ0n) is 17.9. The van der Waals surface area contributed by atoms with Crippen LogP contribution in [-0.2, 0) is 15.6 Å². The number of carboxylic acids is 1. The van der Waals surface area contributed by atoms with Crippen molar-refractivity contribution in [3.05, 3.63) is 58.7 Å². The molecule has 3 rings (SSSR count). The van der Waals surface area contributed by atoms with E-state index in [-0.39, 0.29) is 16.8 Å². The number of phenolic OH excluding ortho intramolecular Hbond substituents is 1. The molecule has 0 unspecified atom stereocenters. The van der Waals surface area contributed by atoms with E-state index in [0.717, 1.165) is 23.1 Å². The van der Waals surface area contributed by atoms with Crippen LogP contribution in [-0.4, -0.2) is 21.8 Å². The minimum atomic E-state index is -0.949.